The van der Waals surface area contributed by atoms with Crippen molar-refractivity contribution in [3.8, 4) is 5.75 Å². The van der Waals surface area contributed by atoms with Gasteiger partial charge in [0.15, 0.2) is 0 Å². The number of amides is 1. The van der Waals surface area contributed by atoms with Gasteiger partial charge in [0.05, 0.1) is 18.7 Å². The summed E-state index contributed by atoms with van der Waals surface area (Å²) in [6.45, 7) is 0. The van der Waals surface area contributed by atoms with E-state index in [4.69, 9.17) is 4.74 Å². The fourth-order valence-electron chi connectivity index (χ4n) is 3.53. The lowest BCUT2D eigenvalue weighted by Crippen LogP contribution is -2.29. The summed E-state index contributed by atoms with van der Waals surface area (Å²) in [4.78, 5) is 13.2. The summed E-state index contributed by atoms with van der Waals surface area (Å²) >= 11 is 0. The zero-order valence-corrected chi connectivity index (χ0v) is 15.9. The number of benzene rings is 3. The summed E-state index contributed by atoms with van der Waals surface area (Å²) in [5.41, 5.74) is 3.74. The predicted molar refractivity (Wildman–Crippen MR) is 112 cm³/mol. The number of ether oxygens (including phenoxy) is 1. The molecule has 1 atom stereocenters. The molecule has 0 aliphatic carbocycles. The Balaban J connectivity index is 1.71. The highest BCUT2D eigenvalue weighted by atomic mass is 16.5. The van der Waals surface area contributed by atoms with E-state index in [0.29, 0.717) is 5.56 Å². The average Bonchev–Trinajstić information content (AvgIpc) is 3.10. The first-order valence-corrected chi connectivity index (χ1v) is 9.21. The number of nitrogens with one attached hydrogen (secondary N) is 1. The molecule has 4 heteroatoms. The van der Waals surface area contributed by atoms with Crippen LogP contribution in [0.25, 0.3) is 10.9 Å². The zero-order valence-electron chi connectivity index (χ0n) is 15.9. The molecule has 4 rings (SSSR count). The predicted octanol–water partition coefficient (Wildman–Crippen LogP) is 4.71. The molecular formula is C24H22N2O2. The van der Waals surface area contributed by atoms with Crippen LogP contribution in [0, 0.1) is 0 Å². The van der Waals surface area contributed by atoms with Crippen molar-refractivity contribution in [3.05, 3.63) is 102 Å². The van der Waals surface area contributed by atoms with Gasteiger partial charge >= 0.3 is 0 Å². The molecule has 1 aromatic heterocycles. The first-order valence-electron chi connectivity index (χ1n) is 9.21. The molecule has 1 heterocycles. The van der Waals surface area contributed by atoms with E-state index in [2.05, 4.69) is 5.32 Å². The molecule has 1 amide bonds. The van der Waals surface area contributed by atoms with Gasteiger partial charge in [0.1, 0.15) is 5.75 Å². The highest BCUT2D eigenvalue weighted by Crippen LogP contribution is 2.26. The van der Waals surface area contributed by atoms with Gasteiger partial charge in [-0.05, 0) is 29.3 Å². The van der Waals surface area contributed by atoms with Crippen LogP contribution in [-0.4, -0.2) is 17.6 Å². The van der Waals surface area contributed by atoms with Gasteiger partial charge in [0.25, 0.3) is 5.91 Å². The summed E-state index contributed by atoms with van der Waals surface area (Å²) in [5, 5.41) is 4.16. The van der Waals surface area contributed by atoms with Crippen molar-refractivity contribution in [1.29, 1.82) is 0 Å². The monoisotopic (exact) mass is 370 g/mol. The third-order valence-electron chi connectivity index (χ3n) is 5.00. The van der Waals surface area contributed by atoms with E-state index in [1.165, 1.54) is 0 Å². The number of fused-ring (bicyclic) bond motifs is 1. The summed E-state index contributed by atoms with van der Waals surface area (Å²) in [6, 6.07) is 25.5. The van der Waals surface area contributed by atoms with Crippen molar-refractivity contribution in [2.45, 2.75) is 6.04 Å². The Labute approximate surface area is 164 Å². The second kappa shape index (κ2) is 7.61. The largest absolute Gasteiger partial charge is 0.497 e. The van der Waals surface area contributed by atoms with E-state index in [1.807, 2.05) is 96.7 Å². The molecule has 28 heavy (non-hydrogen) atoms. The molecule has 0 aliphatic heterocycles. The van der Waals surface area contributed by atoms with Gasteiger partial charge in [-0.3, -0.25) is 4.79 Å². The van der Waals surface area contributed by atoms with E-state index >= 15 is 0 Å². The molecule has 140 valence electrons. The van der Waals surface area contributed by atoms with Crippen molar-refractivity contribution in [1.82, 2.24) is 9.88 Å². The third kappa shape index (κ3) is 3.37. The molecule has 3 aromatic carbocycles. The number of carbonyl (C=O) groups is 1. The Morgan fingerprint density at radius 2 is 1.54 bits per heavy atom. The minimum Gasteiger partial charge on any atom is -0.497 e. The normalized spacial score (nSPS) is 11.9. The fraction of sp³-hybridized carbons (Fsp3) is 0.125. The Kier molecular flexibility index (Phi) is 4.85. The molecule has 0 radical (unpaired) electrons. The van der Waals surface area contributed by atoms with Crippen molar-refractivity contribution >= 4 is 16.8 Å². The van der Waals surface area contributed by atoms with Gasteiger partial charge < -0.3 is 14.6 Å². The number of carbonyl (C=O) groups excluding carboxylic acids is 1. The van der Waals surface area contributed by atoms with Crippen molar-refractivity contribution in [2.24, 2.45) is 7.05 Å². The van der Waals surface area contributed by atoms with Crippen LogP contribution in [0.2, 0.25) is 0 Å². The summed E-state index contributed by atoms with van der Waals surface area (Å²) in [6.07, 6.45) is 1.88. The Morgan fingerprint density at radius 3 is 2.25 bits per heavy atom. The first kappa shape index (κ1) is 17.9. The van der Waals surface area contributed by atoms with E-state index in [1.54, 1.807) is 7.11 Å². The number of methoxy groups -OCH3 is 1. The lowest BCUT2D eigenvalue weighted by atomic mass is 9.98. The van der Waals surface area contributed by atoms with Gasteiger partial charge in [-0.25, -0.2) is 0 Å². The molecule has 0 saturated carbocycles. The number of hydrogen-bond acceptors (Lipinski definition) is 2. The van der Waals surface area contributed by atoms with Crippen LogP contribution in [0.15, 0.2) is 85.1 Å². The van der Waals surface area contributed by atoms with Gasteiger partial charge in [-0.2, -0.15) is 0 Å². The fourth-order valence-corrected chi connectivity index (χ4v) is 3.53. The van der Waals surface area contributed by atoms with Crippen LogP contribution in [0.5, 0.6) is 5.75 Å². The molecule has 0 bridgehead atoms. The molecule has 0 spiro atoms. The van der Waals surface area contributed by atoms with Gasteiger partial charge in [-0.15, -0.1) is 0 Å². The maximum atomic E-state index is 13.2. The number of aromatic nitrogens is 1. The second-order valence-corrected chi connectivity index (χ2v) is 6.76. The second-order valence-electron chi connectivity index (χ2n) is 6.76. The highest BCUT2D eigenvalue weighted by molar-refractivity contribution is 6.07. The quantitative estimate of drug-likeness (QED) is 0.553. The topological polar surface area (TPSA) is 43.3 Å². The van der Waals surface area contributed by atoms with Crippen molar-refractivity contribution in [3.63, 3.8) is 0 Å². The highest BCUT2D eigenvalue weighted by Gasteiger charge is 2.20. The molecule has 0 unspecified atom stereocenters. The maximum Gasteiger partial charge on any atom is 0.254 e. The number of para-hydroxylation sites is 1. The Bertz CT molecular complexity index is 1100. The number of nitrogens with zero attached hydrogens (tertiary/aromatic N) is 1. The van der Waals surface area contributed by atoms with Gasteiger partial charge in [0, 0.05) is 24.1 Å². The number of hydrogen-bond donors (Lipinski definition) is 1. The molecule has 4 nitrogen and oxygen atoms in total. The van der Waals surface area contributed by atoms with E-state index in [-0.39, 0.29) is 11.9 Å². The van der Waals surface area contributed by atoms with Crippen molar-refractivity contribution in [2.75, 3.05) is 7.11 Å². The molecule has 0 aliphatic rings. The molecule has 0 fully saturated rings. The summed E-state index contributed by atoms with van der Waals surface area (Å²) < 4.78 is 7.25. The Hall–Kier alpha value is -3.53. The standard InChI is InChI=1S/C24H22N2O2/c1-26-16-21(20-10-6-7-11-22(20)26)24(27)25-23(17-8-4-3-5-9-17)18-12-14-19(28-2)15-13-18/h3-16,23H,1-2H3,(H,25,27)/t23-/m1/s1. The van der Waals surface area contributed by atoms with E-state index in [0.717, 1.165) is 27.8 Å². The smallest absolute Gasteiger partial charge is 0.254 e. The lowest BCUT2D eigenvalue weighted by molar-refractivity contribution is 0.0944. The summed E-state index contributed by atoms with van der Waals surface area (Å²) in [7, 11) is 3.60. The number of aryl methyl sites for hydroxylation is 1. The van der Waals surface area contributed by atoms with Crippen molar-refractivity contribution < 1.29 is 9.53 Å². The van der Waals surface area contributed by atoms with Crippen LogP contribution in [0.3, 0.4) is 0 Å². The minimum atomic E-state index is -0.251. The van der Waals surface area contributed by atoms with E-state index < -0.39 is 0 Å². The SMILES string of the molecule is COc1ccc([C@H](NC(=O)c2cn(C)c3ccccc23)c2ccccc2)cc1. The van der Waals surface area contributed by atoms with Gasteiger partial charge in [-0.1, -0.05) is 60.7 Å². The summed E-state index contributed by atoms with van der Waals surface area (Å²) in [5.74, 6) is 0.692. The van der Waals surface area contributed by atoms with Crippen LogP contribution in [0.1, 0.15) is 27.5 Å². The Morgan fingerprint density at radius 1 is 0.893 bits per heavy atom. The zero-order chi connectivity index (χ0) is 19.5. The average molecular weight is 370 g/mol. The van der Waals surface area contributed by atoms with E-state index in [9.17, 15) is 4.79 Å². The molecule has 0 saturated heterocycles. The molecule has 1 N–H and O–H groups in total. The van der Waals surface area contributed by atoms with Gasteiger partial charge in [0.2, 0.25) is 0 Å². The van der Waals surface area contributed by atoms with Crippen LogP contribution in [-0.2, 0) is 7.05 Å². The van der Waals surface area contributed by atoms with Crippen LogP contribution >= 0.6 is 0 Å². The minimum absolute atomic E-state index is 0.0959. The lowest BCUT2D eigenvalue weighted by Gasteiger charge is -2.20. The van der Waals surface area contributed by atoms with Crippen LogP contribution < -0.4 is 10.1 Å². The molecular weight excluding hydrogens is 348 g/mol. The van der Waals surface area contributed by atoms with Crippen LogP contribution in [0.4, 0.5) is 0 Å². The molecule has 4 aromatic rings. The third-order valence-corrected chi connectivity index (χ3v) is 5.00. The maximum absolute atomic E-state index is 13.2. The number of rotatable bonds is 5. The first-order chi connectivity index (χ1) is 13.7.